The number of rotatable bonds is 10. The number of hydrogen-bond acceptors (Lipinski definition) is 0. The fourth-order valence-electron chi connectivity index (χ4n) is 7.85. The quantitative estimate of drug-likeness (QED) is 0.211. The van der Waals surface area contributed by atoms with E-state index in [0.717, 1.165) is 41.8 Å². The molecule has 0 atom stereocenters. The normalized spacial score (nSPS) is 13.0. The van der Waals surface area contributed by atoms with E-state index in [9.17, 15) is 0 Å². The van der Waals surface area contributed by atoms with Crippen LogP contribution in [0.25, 0.3) is 0 Å². The Morgan fingerprint density at radius 3 is 0.794 bits per heavy atom. The van der Waals surface area contributed by atoms with Crippen molar-refractivity contribution in [2.75, 3.05) is 0 Å². The second-order valence-corrected chi connectivity index (χ2v) is 25.3. The Balaban J connectivity index is 0.00000578. The van der Waals surface area contributed by atoms with Gasteiger partial charge < -0.3 is 0 Å². The van der Waals surface area contributed by atoms with Crippen LogP contribution in [-0.2, 0) is 0 Å². The zero-order valence-corrected chi connectivity index (χ0v) is 27.8. The van der Waals surface area contributed by atoms with Crippen LogP contribution in [-0.4, -0.2) is 16.1 Å². The van der Waals surface area contributed by atoms with E-state index in [1.54, 1.807) is 10.4 Å². The van der Waals surface area contributed by atoms with Gasteiger partial charge in [-0.25, -0.2) is 0 Å². The SMILES string of the molecule is CC(C)[Si](c1ccc(Pc2ccc([Si](C(C)C)(C(C)C)C(C)C)cc2)cc1)(C(C)C)C(C)C.Cl. The molecule has 0 aliphatic carbocycles. The van der Waals surface area contributed by atoms with Crippen molar-refractivity contribution >= 4 is 58.1 Å². The molecular weight excluding hydrogens is 483 g/mol. The first-order valence-corrected chi connectivity index (χ1v) is 18.8. The molecule has 0 fully saturated rings. The molecule has 0 saturated carbocycles. The van der Waals surface area contributed by atoms with Crippen molar-refractivity contribution in [2.45, 2.75) is 116 Å². The third kappa shape index (κ3) is 5.77. The minimum Gasteiger partial charge on any atom is -0.147 e. The Bertz CT molecular complexity index is 751. The van der Waals surface area contributed by atoms with Crippen LogP contribution in [0.4, 0.5) is 0 Å². The standard InChI is InChI=1S/C30H51PSi2.ClH/c1-21(2)32(22(3)4,23(5)6)29-17-13-27(14-18-29)31-28-15-19-30(20-16-28)33(24(7)8,25(9)10)26(11)12;/h13-26,31H,1-12H3;1H. The molecule has 0 radical (unpaired) electrons. The fourth-order valence-corrected chi connectivity index (χ4v) is 22.3. The Morgan fingerprint density at radius 1 is 0.412 bits per heavy atom. The lowest BCUT2D eigenvalue weighted by molar-refractivity contribution is 0.835. The summed E-state index contributed by atoms with van der Waals surface area (Å²) in [5, 5.41) is 6.22. The van der Waals surface area contributed by atoms with Crippen molar-refractivity contribution in [1.29, 1.82) is 0 Å². The van der Waals surface area contributed by atoms with E-state index in [2.05, 4.69) is 132 Å². The molecule has 192 valence electrons. The van der Waals surface area contributed by atoms with Crippen molar-refractivity contribution in [2.24, 2.45) is 0 Å². The van der Waals surface area contributed by atoms with Gasteiger partial charge in [0, 0.05) is 0 Å². The van der Waals surface area contributed by atoms with Crippen LogP contribution in [0.1, 0.15) is 83.1 Å². The molecule has 0 aromatic heterocycles. The molecule has 2 aromatic rings. The van der Waals surface area contributed by atoms with Crippen LogP contribution >= 0.6 is 21.0 Å². The molecule has 4 heteroatoms. The van der Waals surface area contributed by atoms with E-state index in [4.69, 9.17) is 0 Å². The lowest BCUT2D eigenvalue weighted by Gasteiger charge is -2.44. The van der Waals surface area contributed by atoms with Gasteiger partial charge in [0.2, 0.25) is 0 Å². The molecule has 0 N–H and O–H groups in total. The summed E-state index contributed by atoms with van der Waals surface area (Å²) in [6.45, 7) is 29.5. The van der Waals surface area contributed by atoms with Crippen molar-refractivity contribution in [3.8, 4) is 0 Å². The highest BCUT2D eigenvalue weighted by Crippen LogP contribution is 2.42. The second-order valence-electron chi connectivity index (χ2n) is 12.1. The van der Waals surface area contributed by atoms with Gasteiger partial charge in [-0.15, -0.1) is 12.4 Å². The number of hydrogen-bond donors (Lipinski definition) is 0. The highest BCUT2D eigenvalue weighted by molar-refractivity contribution is 7.55. The Labute approximate surface area is 222 Å². The predicted molar refractivity (Wildman–Crippen MR) is 169 cm³/mol. The van der Waals surface area contributed by atoms with Crippen molar-refractivity contribution in [3.63, 3.8) is 0 Å². The molecule has 34 heavy (non-hydrogen) atoms. The number of halogens is 1. The summed E-state index contributed by atoms with van der Waals surface area (Å²) in [7, 11) is -2.41. The molecule has 2 rings (SSSR count). The van der Waals surface area contributed by atoms with E-state index < -0.39 is 16.1 Å². The molecule has 0 saturated heterocycles. The topological polar surface area (TPSA) is 0 Å². The Morgan fingerprint density at radius 2 is 0.618 bits per heavy atom. The second kappa shape index (κ2) is 12.7. The van der Waals surface area contributed by atoms with Gasteiger partial charge in [0.25, 0.3) is 0 Å². The van der Waals surface area contributed by atoms with Gasteiger partial charge in [0.1, 0.15) is 0 Å². The molecule has 0 unspecified atom stereocenters. The first kappa shape index (κ1) is 31.6. The molecule has 0 nitrogen and oxygen atoms in total. The monoisotopic (exact) mass is 534 g/mol. The molecular formula is C30H52ClPSi2. The predicted octanol–water partition coefficient (Wildman–Crippen LogP) is 8.51. The molecule has 2 aromatic carbocycles. The van der Waals surface area contributed by atoms with Gasteiger partial charge in [-0.2, -0.15) is 0 Å². The number of benzene rings is 2. The molecule has 0 spiro atoms. The van der Waals surface area contributed by atoms with Crippen molar-refractivity contribution in [1.82, 2.24) is 0 Å². The van der Waals surface area contributed by atoms with Gasteiger partial charge >= 0.3 is 0 Å². The third-order valence-electron chi connectivity index (χ3n) is 8.79. The van der Waals surface area contributed by atoms with E-state index >= 15 is 0 Å². The summed E-state index contributed by atoms with van der Waals surface area (Å²) >= 11 is 0. The van der Waals surface area contributed by atoms with Crippen molar-refractivity contribution in [3.05, 3.63) is 48.5 Å². The lowest BCUT2D eigenvalue weighted by atomic mass is 10.3. The van der Waals surface area contributed by atoms with E-state index in [0.29, 0.717) is 0 Å². The largest absolute Gasteiger partial charge is 0.147 e. The van der Waals surface area contributed by atoms with Crippen LogP contribution < -0.4 is 21.0 Å². The summed E-state index contributed by atoms with van der Waals surface area (Å²) in [4.78, 5) is 0. The van der Waals surface area contributed by atoms with Crippen molar-refractivity contribution < 1.29 is 0 Å². The highest BCUT2D eigenvalue weighted by atomic mass is 35.5. The first-order chi connectivity index (χ1) is 15.3. The van der Waals surface area contributed by atoms with E-state index in [1.165, 1.54) is 10.6 Å². The van der Waals surface area contributed by atoms with E-state index in [1.807, 2.05) is 0 Å². The average Bonchev–Trinajstić information content (AvgIpc) is 2.69. The summed E-state index contributed by atoms with van der Waals surface area (Å²) in [5.74, 6) is 0. The smallest absolute Gasteiger partial charge is 0.0942 e. The minimum atomic E-state index is -1.57. The average molecular weight is 535 g/mol. The Hall–Kier alpha value is -0.406. The Kier molecular flexibility index (Phi) is 11.8. The zero-order valence-electron chi connectivity index (χ0n) is 24.0. The van der Waals surface area contributed by atoms with Gasteiger partial charge in [-0.05, 0) is 43.9 Å². The molecule has 0 heterocycles. The van der Waals surface area contributed by atoms with Gasteiger partial charge in [0.05, 0.1) is 16.1 Å². The van der Waals surface area contributed by atoms with E-state index in [-0.39, 0.29) is 12.4 Å². The zero-order chi connectivity index (χ0) is 25.1. The molecule has 0 bridgehead atoms. The van der Waals surface area contributed by atoms with Gasteiger partial charge in [-0.1, -0.05) is 151 Å². The van der Waals surface area contributed by atoms with Crippen LogP contribution in [0.2, 0.25) is 33.2 Å². The maximum atomic E-state index is 2.48. The summed E-state index contributed by atoms with van der Waals surface area (Å²) in [6, 6.07) is 19.6. The first-order valence-electron chi connectivity index (χ1n) is 13.3. The van der Waals surface area contributed by atoms with Gasteiger partial charge in [-0.3, -0.25) is 0 Å². The highest BCUT2D eigenvalue weighted by Gasteiger charge is 2.45. The molecule has 0 aliphatic rings. The lowest BCUT2D eigenvalue weighted by Crippen LogP contribution is -2.55. The van der Waals surface area contributed by atoms with Gasteiger partial charge in [0.15, 0.2) is 0 Å². The fraction of sp³-hybridized carbons (Fsp3) is 0.600. The van der Waals surface area contributed by atoms with Crippen LogP contribution in [0.3, 0.4) is 0 Å². The maximum Gasteiger partial charge on any atom is 0.0942 e. The van der Waals surface area contributed by atoms with Crippen LogP contribution in [0, 0.1) is 0 Å². The molecule has 0 amide bonds. The molecule has 0 aliphatic heterocycles. The van der Waals surface area contributed by atoms with Crippen LogP contribution in [0.5, 0.6) is 0 Å². The van der Waals surface area contributed by atoms with Crippen LogP contribution in [0.15, 0.2) is 48.5 Å². The third-order valence-corrected chi connectivity index (χ3v) is 24.2. The summed E-state index contributed by atoms with van der Waals surface area (Å²) < 4.78 is 0. The summed E-state index contributed by atoms with van der Waals surface area (Å²) in [6.07, 6.45) is 0. The summed E-state index contributed by atoms with van der Waals surface area (Å²) in [5.41, 5.74) is 4.53. The minimum absolute atomic E-state index is 0. The maximum absolute atomic E-state index is 2.48.